The monoisotopic (exact) mass is 248 g/mol. The van der Waals surface area contributed by atoms with E-state index in [0.29, 0.717) is 12.5 Å². The number of nitrogens with zero attached hydrogens (tertiary/aromatic N) is 1. The van der Waals surface area contributed by atoms with Crippen LogP contribution in [0.2, 0.25) is 0 Å². The highest BCUT2D eigenvalue weighted by Crippen LogP contribution is 2.20. The SMILES string of the molecule is C[C@H](N)c1cccnc1OCCc1cccs1. The zero-order chi connectivity index (χ0) is 12.1. The Hall–Kier alpha value is -1.39. The average molecular weight is 248 g/mol. The largest absolute Gasteiger partial charge is 0.477 e. The maximum atomic E-state index is 5.86. The van der Waals surface area contributed by atoms with E-state index < -0.39 is 0 Å². The number of thiophene rings is 1. The first-order chi connectivity index (χ1) is 8.27. The van der Waals surface area contributed by atoms with E-state index in [1.807, 2.05) is 25.1 Å². The van der Waals surface area contributed by atoms with Gasteiger partial charge in [-0.05, 0) is 24.4 Å². The summed E-state index contributed by atoms with van der Waals surface area (Å²) in [5.41, 5.74) is 6.82. The number of rotatable bonds is 5. The van der Waals surface area contributed by atoms with Gasteiger partial charge in [-0.2, -0.15) is 0 Å². The van der Waals surface area contributed by atoms with Crippen molar-refractivity contribution < 1.29 is 4.74 Å². The molecule has 1 atom stereocenters. The lowest BCUT2D eigenvalue weighted by Crippen LogP contribution is -2.10. The lowest BCUT2D eigenvalue weighted by molar-refractivity contribution is 0.305. The summed E-state index contributed by atoms with van der Waals surface area (Å²) in [6.45, 7) is 2.57. The lowest BCUT2D eigenvalue weighted by atomic mass is 10.1. The average Bonchev–Trinajstić information content (AvgIpc) is 2.82. The van der Waals surface area contributed by atoms with Crippen molar-refractivity contribution in [1.29, 1.82) is 0 Å². The first-order valence-electron chi connectivity index (χ1n) is 5.63. The van der Waals surface area contributed by atoms with E-state index in [9.17, 15) is 0 Å². The van der Waals surface area contributed by atoms with E-state index in [-0.39, 0.29) is 6.04 Å². The van der Waals surface area contributed by atoms with Crippen LogP contribution < -0.4 is 10.5 Å². The molecule has 2 aromatic rings. The highest BCUT2D eigenvalue weighted by Gasteiger charge is 2.08. The van der Waals surface area contributed by atoms with Crippen molar-refractivity contribution in [3.63, 3.8) is 0 Å². The van der Waals surface area contributed by atoms with E-state index in [0.717, 1.165) is 12.0 Å². The Bertz CT molecular complexity index is 454. The van der Waals surface area contributed by atoms with E-state index in [4.69, 9.17) is 10.5 Å². The fraction of sp³-hybridized carbons (Fsp3) is 0.308. The van der Waals surface area contributed by atoms with Crippen molar-refractivity contribution >= 4 is 11.3 Å². The van der Waals surface area contributed by atoms with Crippen molar-refractivity contribution in [1.82, 2.24) is 4.98 Å². The Kier molecular flexibility index (Phi) is 4.12. The third-order valence-electron chi connectivity index (χ3n) is 2.46. The van der Waals surface area contributed by atoms with Gasteiger partial charge in [0.1, 0.15) is 0 Å². The van der Waals surface area contributed by atoms with Gasteiger partial charge in [0.25, 0.3) is 0 Å². The Morgan fingerprint density at radius 3 is 3.00 bits per heavy atom. The maximum absolute atomic E-state index is 5.86. The molecule has 0 bridgehead atoms. The topological polar surface area (TPSA) is 48.1 Å². The van der Waals surface area contributed by atoms with Crippen molar-refractivity contribution in [2.75, 3.05) is 6.61 Å². The first-order valence-corrected chi connectivity index (χ1v) is 6.51. The predicted molar refractivity (Wildman–Crippen MR) is 70.4 cm³/mol. The van der Waals surface area contributed by atoms with E-state index >= 15 is 0 Å². The summed E-state index contributed by atoms with van der Waals surface area (Å²) in [5.74, 6) is 0.652. The third kappa shape index (κ3) is 3.28. The molecule has 0 saturated carbocycles. The van der Waals surface area contributed by atoms with Gasteiger partial charge in [-0.25, -0.2) is 4.98 Å². The highest BCUT2D eigenvalue weighted by molar-refractivity contribution is 7.09. The zero-order valence-corrected chi connectivity index (χ0v) is 10.6. The second kappa shape index (κ2) is 5.80. The lowest BCUT2D eigenvalue weighted by Gasteiger charge is -2.11. The quantitative estimate of drug-likeness (QED) is 0.885. The van der Waals surface area contributed by atoms with Crippen LogP contribution in [0.4, 0.5) is 0 Å². The van der Waals surface area contributed by atoms with Crippen LogP contribution in [0.25, 0.3) is 0 Å². The number of nitrogens with two attached hydrogens (primary N) is 1. The van der Waals surface area contributed by atoms with E-state index in [2.05, 4.69) is 16.4 Å². The molecule has 0 unspecified atom stereocenters. The minimum atomic E-state index is -0.0552. The van der Waals surface area contributed by atoms with Gasteiger partial charge in [-0.15, -0.1) is 11.3 Å². The van der Waals surface area contributed by atoms with Gasteiger partial charge in [0, 0.05) is 29.1 Å². The molecule has 0 fully saturated rings. The van der Waals surface area contributed by atoms with Gasteiger partial charge >= 0.3 is 0 Å². The Morgan fingerprint density at radius 2 is 2.29 bits per heavy atom. The summed E-state index contributed by atoms with van der Waals surface area (Å²) in [6.07, 6.45) is 2.64. The van der Waals surface area contributed by atoms with Crippen LogP contribution in [-0.4, -0.2) is 11.6 Å². The number of ether oxygens (including phenoxy) is 1. The number of hydrogen-bond donors (Lipinski definition) is 1. The molecule has 0 radical (unpaired) electrons. The van der Waals surface area contributed by atoms with Crippen LogP contribution in [0.5, 0.6) is 5.88 Å². The molecule has 0 aliphatic rings. The summed E-state index contributed by atoms with van der Waals surface area (Å²) >= 11 is 1.74. The fourth-order valence-corrected chi connectivity index (χ4v) is 2.26. The molecule has 3 nitrogen and oxygen atoms in total. The van der Waals surface area contributed by atoms with Crippen LogP contribution >= 0.6 is 11.3 Å². The summed E-state index contributed by atoms with van der Waals surface area (Å²) in [5, 5.41) is 2.07. The van der Waals surface area contributed by atoms with Gasteiger partial charge in [0.05, 0.1) is 6.61 Å². The van der Waals surface area contributed by atoms with Gasteiger partial charge < -0.3 is 10.5 Å². The van der Waals surface area contributed by atoms with Crippen molar-refractivity contribution in [3.8, 4) is 5.88 Å². The molecule has 2 N–H and O–H groups in total. The van der Waals surface area contributed by atoms with Crippen LogP contribution in [-0.2, 0) is 6.42 Å². The van der Waals surface area contributed by atoms with Crippen molar-refractivity contribution in [3.05, 3.63) is 46.3 Å². The van der Waals surface area contributed by atoms with E-state index in [1.54, 1.807) is 17.5 Å². The Balaban J connectivity index is 1.94. The van der Waals surface area contributed by atoms with Crippen molar-refractivity contribution in [2.45, 2.75) is 19.4 Å². The minimum Gasteiger partial charge on any atom is -0.477 e. The van der Waals surface area contributed by atoms with Gasteiger partial charge in [-0.3, -0.25) is 0 Å². The van der Waals surface area contributed by atoms with E-state index in [1.165, 1.54) is 4.88 Å². The van der Waals surface area contributed by atoms with Crippen LogP contribution in [0.3, 0.4) is 0 Å². The zero-order valence-electron chi connectivity index (χ0n) is 9.80. The van der Waals surface area contributed by atoms with Gasteiger partial charge in [0.2, 0.25) is 5.88 Å². The van der Waals surface area contributed by atoms with Gasteiger partial charge in [-0.1, -0.05) is 12.1 Å². The molecule has 4 heteroatoms. The predicted octanol–water partition coefficient (Wildman–Crippen LogP) is 2.78. The Labute approximate surface area is 105 Å². The molecule has 2 heterocycles. The maximum Gasteiger partial charge on any atom is 0.218 e. The van der Waals surface area contributed by atoms with Gasteiger partial charge in [0.15, 0.2) is 0 Å². The molecule has 0 spiro atoms. The minimum absolute atomic E-state index is 0.0552. The molecular weight excluding hydrogens is 232 g/mol. The molecule has 0 aliphatic heterocycles. The molecular formula is C13H16N2OS. The van der Waals surface area contributed by atoms with Crippen LogP contribution in [0, 0.1) is 0 Å². The number of pyridine rings is 1. The fourth-order valence-electron chi connectivity index (χ4n) is 1.57. The molecule has 0 saturated heterocycles. The molecule has 0 amide bonds. The molecule has 2 aromatic heterocycles. The summed E-state index contributed by atoms with van der Waals surface area (Å²) < 4.78 is 5.69. The third-order valence-corrected chi connectivity index (χ3v) is 3.39. The standard InChI is InChI=1S/C13H16N2OS/c1-10(14)12-5-2-7-15-13(12)16-8-6-11-4-3-9-17-11/h2-5,7,9-10H,6,8,14H2,1H3/t10-/m0/s1. The second-order valence-corrected chi connectivity index (χ2v) is 4.90. The smallest absolute Gasteiger partial charge is 0.218 e. The summed E-state index contributed by atoms with van der Waals surface area (Å²) in [7, 11) is 0. The first kappa shape index (κ1) is 12.1. The molecule has 0 aromatic carbocycles. The normalized spacial score (nSPS) is 12.4. The molecule has 0 aliphatic carbocycles. The number of aromatic nitrogens is 1. The molecule has 90 valence electrons. The van der Waals surface area contributed by atoms with Crippen LogP contribution in [0.15, 0.2) is 35.8 Å². The number of hydrogen-bond acceptors (Lipinski definition) is 4. The van der Waals surface area contributed by atoms with Crippen LogP contribution in [0.1, 0.15) is 23.4 Å². The van der Waals surface area contributed by atoms with Crippen molar-refractivity contribution in [2.24, 2.45) is 5.73 Å². The Morgan fingerprint density at radius 1 is 1.41 bits per heavy atom. The summed E-state index contributed by atoms with van der Waals surface area (Å²) in [6, 6.07) is 7.94. The molecule has 2 rings (SSSR count). The second-order valence-electron chi connectivity index (χ2n) is 3.86. The highest BCUT2D eigenvalue weighted by atomic mass is 32.1. The molecule has 17 heavy (non-hydrogen) atoms. The summed E-state index contributed by atoms with van der Waals surface area (Å²) in [4.78, 5) is 5.54.